The van der Waals surface area contributed by atoms with Gasteiger partial charge in [0.1, 0.15) is 5.69 Å². The van der Waals surface area contributed by atoms with E-state index < -0.39 is 0 Å². The first-order valence-corrected chi connectivity index (χ1v) is 7.77. The fourth-order valence-corrected chi connectivity index (χ4v) is 2.69. The molecular formula is C17H21N3O2. The summed E-state index contributed by atoms with van der Waals surface area (Å²) in [5.41, 5.74) is 2.90. The van der Waals surface area contributed by atoms with Gasteiger partial charge in [0.15, 0.2) is 0 Å². The number of hydrogen-bond donors (Lipinski definition) is 1. The minimum absolute atomic E-state index is 0.0477. The summed E-state index contributed by atoms with van der Waals surface area (Å²) in [5.74, 6) is 0.353. The Bertz CT molecular complexity index is 628. The van der Waals surface area contributed by atoms with Gasteiger partial charge in [0, 0.05) is 11.6 Å². The lowest BCUT2D eigenvalue weighted by Crippen LogP contribution is -2.36. The zero-order chi connectivity index (χ0) is 15.4. The summed E-state index contributed by atoms with van der Waals surface area (Å²) in [5, 5.41) is 6.79. The smallest absolute Gasteiger partial charge is 0.240 e. The molecule has 5 heteroatoms. The summed E-state index contributed by atoms with van der Waals surface area (Å²) >= 11 is 0. The average Bonchev–Trinajstić information content (AvgIpc) is 2.97. The van der Waals surface area contributed by atoms with Crippen molar-refractivity contribution in [2.75, 3.05) is 25.0 Å². The van der Waals surface area contributed by atoms with Crippen LogP contribution in [-0.2, 0) is 4.79 Å². The van der Waals surface area contributed by atoms with Gasteiger partial charge in [0.25, 0.3) is 0 Å². The van der Waals surface area contributed by atoms with E-state index in [0.29, 0.717) is 12.4 Å². The average molecular weight is 299 g/mol. The molecule has 1 aliphatic heterocycles. The molecule has 0 radical (unpaired) electrons. The number of carbonyl (C=O) groups excluding carboxylic acids is 1. The predicted molar refractivity (Wildman–Crippen MR) is 85.6 cm³/mol. The second kappa shape index (κ2) is 6.75. The summed E-state index contributed by atoms with van der Waals surface area (Å²) in [6.07, 6.45) is 3.61. The second-order valence-corrected chi connectivity index (χ2v) is 5.83. The molecule has 1 N–H and O–H groups in total. The highest BCUT2D eigenvalue weighted by Crippen LogP contribution is 2.22. The number of nitrogens with one attached hydrogen (secondary N) is 1. The molecule has 1 aliphatic rings. The van der Waals surface area contributed by atoms with Gasteiger partial charge in [-0.3, -0.25) is 15.0 Å². The van der Waals surface area contributed by atoms with Crippen LogP contribution in [0.2, 0.25) is 0 Å². The van der Waals surface area contributed by atoms with Crippen LogP contribution in [0.25, 0.3) is 11.3 Å². The highest BCUT2D eigenvalue weighted by molar-refractivity contribution is 5.91. The monoisotopic (exact) mass is 299 g/mol. The molecule has 1 fully saturated rings. The number of carbonyl (C=O) groups is 1. The van der Waals surface area contributed by atoms with Gasteiger partial charge in [-0.05, 0) is 32.9 Å². The fraction of sp³-hybridized carbons (Fsp3) is 0.412. The van der Waals surface area contributed by atoms with E-state index in [9.17, 15) is 4.79 Å². The summed E-state index contributed by atoms with van der Waals surface area (Å²) < 4.78 is 5.21. The molecule has 1 saturated heterocycles. The lowest BCUT2D eigenvalue weighted by atomic mass is 10.1. The van der Waals surface area contributed by atoms with Crippen LogP contribution >= 0.6 is 0 Å². The normalized spacial score (nSPS) is 15.7. The topological polar surface area (TPSA) is 58.4 Å². The van der Waals surface area contributed by atoms with E-state index in [1.807, 2.05) is 31.2 Å². The van der Waals surface area contributed by atoms with Crippen LogP contribution in [0.4, 0.5) is 5.88 Å². The van der Waals surface area contributed by atoms with Crippen molar-refractivity contribution in [1.82, 2.24) is 10.1 Å². The number of rotatable bonds is 4. The van der Waals surface area contributed by atoms with Gasteiger partial charge in [-0.25, -0.2) is 0 Å². The van der Waals surface area contributed by atoms with Crippen molar-refractivity contribution in [3.8, 4) is 11.3 Å². The van der Waals surface area contributed by atoms with Gasteiger partial charge in [-0.2, -0.15) is 0 Å². The maximum absolute atomic E-state index is 12.0. The van der Waals surface area contributed by atoms with E-state index in [-0.39, 0.29) is 5.91 Å². The van der Waals surface area contributed by atoms with Gasteiger partial charge >= 0.3 is 0 Å². The van der Waals surface area contributed by atoms with E-state index in [1.165, 1.54) is 24.8 Å². The third-order valence-electron chi connectivity index (χ3n) is 3.94. The highest BCUT2D eigenvalue weighted by Gasteiger charge is 2.15. The first-order valence-electron chi connectivity index (χ1n) is 7.77. The number of aromatic nitrogens is 1. The van der Waals surface area contributed by atoms with E-state index in [2.05, 4.69) is 15.4 Å². The molecule has 0 aliphatic carbocycles. The van der Waals surface area contributed by atoms with Crippen molar-refractivity contribution < 1.29 is 9.32 Å². The molecular weight excluding hydrogens is 278 g/mol. The molecule has 1 aromatic heterocycles. The Kier molecular flexibility index (Phi) is 4.53. The molecule has 3 rings (SSSR count). The first-order chi connectivity index (χ1) is 10.7. The second-order valence-electron chi connectivity index (χ2n) is 5.83. The maximum Gasteiger partial charge on any atom is 0.240 e. The Balaban J connectivity index is 1.59. The van der Waals surface area contributed by atoms with Crippen molar-refractivity contribution in [2.45, 2.75) is 26.2 Å². The molecule has 2 aromatic rings. The molecule has 0 unspecified atom stereocenters. The van der Waals surface area contributed by atoms with Gasteiger partial charge in [-0.15, -0.1) is 0 Å². The number of amides is 1. The van der Waals surface area contributed by atoms with Gasteiger partial charge in [-0.1, -0.05) is 41.4 Å². The minimum Gasteiger partial charge on any atom is -0.338 e. The zero-order valence-corrected chi connectivity index (χ0v) is 12.8. The van der Waals surface area contributed by atoms with Crippen LogP contribution in [-0.4, -0.2) is 35.6 Å². The molecule has 0 saturated carbocycles. The van der Waals surface area contributed by atoms with Crippen molar-refractivity contribution in [1.29, 1.82) is 0 Å². The Labute approximate surface area is 130 Å². The SMILES string of the molecule is Cc1ccc(-c2cc(NC(=O)CN3CCCCC3)on2)cc1. The number of nitrogens with zero attached hydrogens (tertiary/aromatic N) is 2. The number of likely N-dealkylation sites (tertiary alicyclic amines) is 1. The van der Waals surface area contributed by atoms with E-state index in [4.69, 9.17) is 4.52 Å². The number of piperidine rings is 1. The van der Waals surface area contributed by atoms with E-state index >= 15 is 0 Å². The molecule has 0 bridgehead atoms. The summed E-state index contributed by atoms with van der Waals surface area (Å²) in [4.78, 5) is 14.2. The minimum atomic E-state index is -0.0477. The van der Waals surface area contributed by atoms with Crippen LogP contribution in [0.5, 0.6) is 0 Å². The molecule has 22 heavy (non-hydrogen) atoms. The number of benzene rings is 1. The lowest BCUT2D eigenvalue weighted by molar-refractivity contribution is -0.117. The molecule has 1 amide bonds. The van der Waals surface area contributed by atoms with Crippen LogP contribution in [0.3, 0.4) is 0 Å². The molecule has 5 nitrogen and oxygen atoms in total. The Hall–Kier alpha value is -2.14. The summed E-state index contributed by atoms with van der Waals surface area (Å²) in [6.45, 7) is 4.45. The third kappa shape index (κ3) is 3.74. The molecule has 0 spiro atoms. The molecule has 116 valence electrons. The van der Waals surface area contributed by atoms with Gasteiger partial charge < -0.3 is 4.52 Å². The summed E-state index contributed by atoms with van der Waals surface area (Å²) in [7, 11) is 0. The Morgan fingerprint density at radius 2 is 1.95 bits per heavy atom. The van der Waals surface area contributed by atoms with Crippen molar-refractivity contribution in [3.05, 3.63) is 35.9 Å². The Morgan fingerprint density at radius 1 is 1.23 bits per heavy atom. The predicted octanol–water partition coefficient (Wildman–Crippen LogP) is 3.07. The van der Waals surface area contributed by atoms with Crippen molar-refractivity contribution in [3.63, 3.8) is 0 Å². The zero-order valence-electron chi connectivity index (χ0n) is 12.8. The Morgan fingerprint density at radius 3 is 2.68 bits per heavy atom. The van der Waals surface area contributed by atoms with Crippen LogP contribution in [0.15, 0.2) is 34.9 Å². The standard InChI is InChI=1S/C17H21N3O2/c1-13-5-7-14(8-6-13)15-11-17(22-19-15)18-16(21)12-20-9-3-2-4-10-20/h5-8,11H,2-4,9-10,12H2,1H3,(H,18,21). The van der Waals surface area contributed by atoms with E-state index in [1.54, 1.807) is 6.07 Å². The van der Waals surface area contributed by atoms with Gasteiger partial charge in [0.05, 0.1) is 6.54 Å². The largest absolute Gasteiger partial charge is 0.338 e. The van der Waals surface area contributed by atoms with E-state index in [0.717, 1.165) is 24.3 Å². The van der Waals surface area contributed by atoms with Crippen molar-refractivity contribution >= 4 is 11.8 Å². The first kappa shape index (κ1) is 14.8. The van der Waals surface area contributed by atoms with Gasteiger partial charge in [0.2, 0.25) is 11.8 Å². The fourth-order valence-electron chi connectivity index (χ4n) is 2.69. The van der Waals surface area contributed by atoms with Crippen LogP contribution < -0.4 is 5.32 Å². The molecule has 0 atom stereocenters. The number of aryl methyl sites for hydroxylation is 1. The van der Waals surface area contributed by atoms with Crippen LogP contribution in [0, 0.1) is 6.92 Å². The number of anilines is 1. The maximum atomic E-state index is 12.0. The van der Waals surface area contributed by atoms with Crippen molar-refractivity contribution in [2.24, 2.45) is 0 Å². The lowest BCUT2D eigenvalue weighted by Gasteiger charge is -2.25. The molecule has 1 aromatic carbocycles. The highest BCUT2D eigenvalue weighted by atomic mass is 16.5. The summed E-state index contributed by atoms with van der Waals surface area (Å²) in [6, 6.07) is 9.80. The quantitative estimate of drug-likeness (QED) is 0.942. The molecule has 2 heterocycles. The van der Waals surface area contributed by atoms with Crippen LogP contribution in [0.1, 0.15) is 24.8 Å². The third-order valence-corrected chi connectivity index (χ3v) is 3.94. The number of hydrogen-bond acceptors (Lipinski definition) is 4.